The molecule has 1 saturated heterocycles. The van der Waals surface area contributed by atoms with Gasteiger partial charge < -0.3 is 4.42 Å². The van der Waals surface area contributed by atoms with Crippen molar-refractivity contribution >= 4 is 11.6 Å². The van der Waals surface area contributed by atoms with Crippen LogP contribution in [-0.4, -0.2) is 26.6 Å². The van der Waals surface area contributed by atoms with Gasteiger partial charge in [0, 0.05) is 12.7 Å². The maximum Gasteiger partial charge on any atom is 0.250 e. The first-order valence-corrected chi connectivity index (χ1v) is 9.01. The van der Waals surface area contributed by atoms with Gasteiger partial charge in [-0.3, -0.25) is 4.90 Å². The van der Waals surface area contributed by atoms with Gasteiger partial charge in [0.05, 0.1) is 11.6 Å². The fraction of sp³-hybridized carbons (Fsp3) is 0.316. The molecular weight excluding hydrogens is 355 g/mol. The molecule has 0 unspecified atom stereocenters. The van der Waals surface area contributed by atoms with Crippen LogP contribution in [0.5, 0.6) is 0 Å². The fourth-order valence-corrected chi connectivity index (χ4v) is 3.42. The molecule has 1 fully saturated rings. The molecule has 0 bridgehead atoms. The third-order valence-corrected chi connectivity index (χ3v) is 4.84. The van der Waals surface area contributed by atoms with Crippen LogP contribution < -0.4 is 0 Å². The van der Waals surface area contributed by atoms with Crippen LogP contribution in [0.1, 0.15) is 36.8 Å². The molecule has 3 heterocycles. The molecule has 134 valence electrons. The van der Waals surface area contributed by atoms with E-state index in [1.807, 2.05) is 6.07 Å². The molecule has 2 aromatic heterocycles. The monoisotopic (exact) mass is 372 g/mol. The Kier molecular flexibility index (Phi) is 4.95. The largest absolute Gasteiger partial charge is 0.419 e. The number of benzene rings is 1. The van der Waals surface area contributed by atoms with E-state index >= 15 is 0 Å². The molecular formula is C19H18ClFN4O. The minimum atomic E-state index is -0.365. The van der Waals surface area contributed by atoms with Crippen LogP contribution in [0.25, 0.3) is 11.5 Å². The summed E-state index contributed by atoms with van der Waals surface area (Å²) in [5.41, 5.74) is 1.41. The average Bonchev–Trinajstić information content (AvgIpc) is 3.14. The van der Waals surface area contributed by atoms with Gasteiger partial charge in [-0.2, -0.15) is 0 Å². The Morgan fingerprint density at radius 2 is 2.04 bits per heavy atom. The second-order valence-corrected chi connectivity index (χ2v) is 6.78. The van der Waals surface area contributed by atoms with Gasteiger partial charge in [-0.15, -0.1) is 10.2 Å². The standard InChI is InChI=1S/C19H18ClFN4O/c20-17-9-8-13(11-22-17)12-25-10-4-3-7-16(25)19-24-23-18(26-19)14-5-1-2-6-15(14)21/h1-2,5-6,8-9,11,16H,3-4,7,10,12H2/t16-/m1/s1. The third-order valence-electron chi connectivity index (χ3n) is 4.62. The van der Waals surface area contributed by atoms with Crippen molar-refractivity contribution in [3.63, 3.8) is 0 Å². The first-order chi connectivity index (χ1) is 12.7. The molecule has 1 aromatic carbocycles. The zero-order valence-corrected chi connectivity index (χ0v) is 14.9. The molecule has 0 aliphatic carbocycles. The predicted octanol–water partition coefficient (Wildman–Crippen LogP) is 4.65. The minimum Gasteiger partial charge on any atom is -0.419 e. The molecule has 0 spiro atoms. The zero-order valence-electron chi connectivity index (χ0n) is 14.1. The number of hydrogen-bond acceptors (Lipinski definition) is 5. The molecule has 4 rings (SSSR count). The van der Waals surface area contributed by atoms with Gasteiger partial charge in [-0.05, 0) is 43.1 Å². The van der Waals surface area contributed by atoms with Gasteiger partial charge >= 0.3 is 0 Å². The van der Waals surface area contributed by atoms with Crippen LogP contribution in [0, 0.1) is 5.82 Å². The van der Waals surface area contributed by atoms with Crippen LogP contribution >= 0.6 is 11.6 Å². The van der Waals surface area contributed by atoms with Crippen LogP contribution in [0.3, 0.4) is 0 Å². The van der Waals surface area contributed by atoms with Gasteiger partial charge in [-0.1, -0.05) is 36.2 Å². The number of aromatic nitrogens is 3. The van der Waals surface area contributed by atoms with Crippen LogP contribution in [0.2, 0.25) is 5.15 Å². The molecule has 1 aliphatic heterocycles. The van der Waals surface area contributed by atoms with Crippen molar-refractivity contribution in [3.05, 3.63) is 65.0 Å². The highest BCUT2D eigenvalue weighted by molar-refractivity contribution is 6.29. The minimum absolute atomic E-state index is 0.0208. The summed E-state index contributed by atoms with van der Waals surface area (Å²) >= 11 is 5.86. The Morgan fingerprint density at radius 1 is 1.15 bits per heavy atom. The number of piperidine rings is 1. The highest BCUT2D eigenvalue weighted by Gasteiger charge is 2.29. The quantitative estimate of drug-likeness (QED) is 0.624. The predicted molar refractivity (Wildman–Crippen MR) is 95.9 cm³/mol. The van der Waals surface area contributed by atoms with E-state index in [9.17, 15) is 4.39 Å². The van der Waals surface area contributed by atoms with E-state index in [4.69, 9.17) is 16.0 Å². The maximum atomic E-state index is 14.0. The summed E-state index contributed by atoms with van der Waals surface area (Å²) in [4.78, 5) is 6.44. The smallest absolute Gasteiger partial charge is 0.250 e. The lowest BCUT2D eigenvalue weighted by atomic mass is 10.0. The summed E-state index contributed by atoms with van der Waals surface area (Å²) in [5, 5.41) is 8.75. The van der Waals surface area contributed by atoms with E-state index in [2.05, 4.69) is 20.1 Å². The first-order valence-electron chi connectivity index (χ1n) is 8.63. The van der Waals surface area contributed by atoms with Crippen LogP contribution in [0.15, 0.2) is 47.0 Å². The third kappa shape index (κ3) is 3.61. The molecule has 26 heavy (non-hydrogen) atoms. The number of halogens is 2. The van der Waals surface area contributed by atoms with Crippen LogP contribution in [-0.2, 0) is 6.54 Å². The zero-order chi connectivity index (χ0) is 17.9. The lowest BCUT2D eigenvalue weighted by Crippen LogP contribution is -2.33. The van der Waals surface area contributed by atoms with Gasteiger partial charge in [0.15, 0.2) is 0 Å². The molecule has 5 nitrogen and oxygen atoms in total. The van der Waals surface area contributed by atoms with E-state index in [0.29, 0.717) is 16.6 Å². The number of pyridine rings is 1. The Balaban J connectivity index is 1.57. The van der Waals surface area contributed by atoms with E-state index in [1.165, 1.54) is 6.07 Å². The molecule has 1 aliphatic rings. The first kappa shape index (κ1) is 17.1. The highest BCUT2D eigenvalue weighted by Crippen LogP contribution is 2.33. The van der Waals surface area contributed by atoms with Crippen molar-refractivity contribution in [3.8, 4) is 11.5 Å². The highest BCUT2D eigenvalue weighted by atomic mass is 35.5. The summed E-state index contributed by atoms with van der Waals surface area (Å²) in [6.45, 7) is 1.66. The van der Waals surface area contributed by atoms with E-state index in [1.54, 1.807) is 30.5 Å². The number of rotatable bonds is 4. The average molecular weight is 373 g/mol. The molecule has 1 atom stereocenters. The van der Waals surface area contributed by atoms with E-state index in [-0.39, 0.29) is 17.7 Å². The topological polar surface area (TPSA) is 55.1 Å². The number of likely N-dealkylation sites (tertiary alicyclic amines) is 1. The second kappa shape index (κ2) is 7.51. The Morgan fingerprint density at radius 3 is 2.85 bits per heavy atom. The molecule has 0 N–H and O–H groups in total. The van der Waals surface area contributed by atoms with E-state index in [0.717, 1.165) is 37.9 Å². The van der Waals surface area contributed by atoms with Crippen molar-refractivity contribution in [1.82, 2.24) is 20.1 Å². The van der Waals surface area contributed by atoms with Gasteiger partial charge in [0.2, 0.25) is 5.89 Å². The van der Waals surface area contributed by atoms with Crippen molar-refractivity contribution in [1.29, 1.82) is 0 Å². The summed E-state index contributed by atoms with van der Waals surface area (Å²) in [6.07, 6.45) is 4.93. The SMILES string of the molecule is Fc1ccccc1-c1nnc([C@H]2CCCCN2Cc2ccc(Cl)nc2)o1. The Bertz CT molecular complexity index is 883. The van der Waals surface area contributed by atoms with Crippen molar-refractivity contribution < 1.29 is 8.81 Å². The van der Waals surface area contributed by atoms with Crippen molar-refractivity contribution in [2.24, 2.45) is 0 Å². The Labute approximate surface area is 155 Å². The molecule has 7 heteroatoms. The van der Waals surface area contributed by atoms with Gasteiger partial charge in [-0.25, -0.2) is 9.37 Å². The molecule has 0 saturated carbocycles. The lowest BCUT2D eigenvalue weighted by molar-refractivity contribution is 0.118. The normalized spacial score (nSPS) is 18.2. The van der Waals surface area contributed by atoms with Crippen molar-refractivity contribution in [2.75, 3.05) is 6.54 Å². The Hall–Kier alpha value is -2.31. The molecule has 3 aromatic rings. The van der Waals surface area contributed by atoms with Crippen molar-refractivity contribution in [2.45, 2.75) is 31.8 Å². The second-order valence-electron chi connectivity index (χ2n) is 6.40. The summed E-state index contributed by atoms with van der Waals surface area (Å²) < 4.78 is 19.8. The lowest BCUT2D eigenvalue weighted by Gasteiger charge is -2.33. The summed E-state index contributed by atoms with van der Waals surface area (Å²) in [5.74, 6) is 0.386. The summed E-state index contributed by atoms with van der Waals surface area (Å²) in [6, 6.07) is 10.2. The van der Waals surface area contributed by atoms with E-state index < -0.39 is 0 Å². The van der Waals surface area contributed by atoms with Gasteiger partial charge in [0.1, 0.15) is 11.0 Å². The van der Waals surface area contributed by atoms with Crippen LogP contribution in [0.4, 0.5) is 4.39 Å². The molecule has 0 radical (unpaired) electrons. The number of hydrogen-bond donors (Lipinski definition) is 0. The molecule has 0 amide bonds. The fourth-order valence-electron chi connectivity index (χ4n) is 3.31. The van der Waals surface area contributed by atoms with Gasteiger partial charge in [0.25, 0.3) is 5.89 Å². The maximum absolute atomic E-state index is 14.0. The number of nitrogens with zero attached hydrogens (tertiary/aromatic N) is 4. The summed E-state index contributed by atoms with van der Waals surface area (Å²) in [7, 11) is 0.